The van der Waals surface area contributed by atoms with Gasteiger partial charge in [-0.3, -0.25) is 0 Å². The molecule has 3 nitrogen and oxygen atoms in total. The fraction of sp³-hybridized carbons (Fsp3) is 0.647. The van der Waals surface area contributed by atoms with Crippen LogP contribution in [0, 0.1) is 5.92 Å². The topological polar surface area (TPSA) is 24.5 Å². The predicted molar refractivity (Wildman–Crippen MR) is 93.4 cm³/mol. The Morgan fingerprint density at radius 1 is 1.43 bits per heavy atom. The van der Waals surface area contributed by atoms with Gasteiger partial charge in [0.05, 0.1) is 11.6 Å². The summed E-state index contributed by atoms with van der Waals surface area (Å²) in [4.78, 5) is 2.54. The third-order valence-electron chi connectivity index (χ3n) is 4.19. The molecule has 0 aromatic heterocycles. The number of anilines is 1. The van der Waals surface area contributed by atoms with Crippen molar-refractivity contribution in [2.24, 2.45) is 5.92 Å². The van der Waals surface area contributed by atoms with E-state index >= 15 is 0 Å². The fourth-order valence-corrected chi connectivity index (χ4v) is 3.51. The number of hydrogen-bond donors (Lipinski definition) is 1. The smallest absolute Gasteiger partial charge is 0.135 e. The maximum absolute atomic E-state index is 5.45. The summed E-state index contributed by atoms with van der Waals surface area (Å²) in [7, 11) is 1.72. The van der Waals surface area contributed by atoms with E-state index in [-0.39, 0.29) is 0 Å². The maximum Gasteiger partial charge on any atom is 0.135 e. The predicted octanol–water partition coefficient (Wildman–Crippen LogP) is 4.06. The highest BCUT2D eigenvalue weighted by molar-refractivity contribution is 9.10. The molecule has 21 heavy (non-hydrogen) atoms. The van der Waals surface area contributed by atoms with Gasteiger partial charge in [-0.25, -0.2) is 0 Å². The van der Waals surface area contributed by atoms with Gasteiger partial charge in [0.15, 0.2) is 0 Å². The molecule has 2 atom stereocenters. The zero-order chi connectivity index (χ0) is 15.4. The molecule has 0 amide bonds. The minimum atomic E-state index is 0.555. The minimum Gasteiger partial charge on any atom is -0.495 e. The summed E-state index contributed by atoms with van der Waals surface area (Å²) in [6.45, 7) is 8.98. The second-order valence-corrected chi connectivity index (χ2v) is 7.12. The largest absolute Gasteiger partial charge is 0.495 e. The van der Waals surface area contributed by atoms with Gasteiger partial charge in [0.2, 0.25) is 0 Å². The molecule has 0 radical (unpaired) electrons. The SMILES string of the molecule is CCC1CNC(CC(C)C)CN1c1ccc(Br)c(OC)c1. The Labute approximate surface area is 137 Å². The summed E-state index contributed by atoms with van der Waals surface area (Å²) >= 11 is 3.54. The van der Waals surface area contributed by atoms with E-state index in [9.17, 15) is 0 Å². The van der Waals surface area contributed by atoms with Gasteiger partial charge in [-0.15, -0.1) is 0 Å². The van der Waals surface area contributed by atoms with Gasteiger partial charge in [-0.05, 0) is 46.8 Å². The van der Waals surface area contributed by atoms with Crippen molar-refractivity contribution >= 4 is 21.6 Å². The van der Waals surface area contributed by atoms with Gasteiger partial charge >= 0.3 is 0 Å². The summed E-state index contributed by atoms with van der Waals surface area (Å²) in [5.74, 6) is 1.63. The van der Waals surface area contributed by atoms with Crippen LogP contribution >= 0.6 is 15.9 Å². The first-order valence-electron chi connectivity index (χ1n) is 7.88. The Kier molecular flexibility index (Phi) is 5.94. The molecule has 1 heterocycles. The molecule has 2 rings (SSSR count). The number of piperazine rings is 1. The fourth-order valence-electron chi connectivity index (χ4n) is 3.10. The Morgan fingerprint density at radius 2 is 2.19 bits per heavy atom. The van der Waals surface area contributed by atoms with E-state index in [1.165, 1.54) is 12.1 Å². The van der Waals surface area contributed by atoms with Crippen LogP contribution in [-0.4, -0.2) is 32.3 Å². The molecule has 4 heteroatoms. The minimum absolute atomic E-state index is 0.555. The molecular weight excluding hydrogens is 328 g/mol. The lowest BCUT2D eigenvalue weighted by molar-refractivity contribution is 0.343. The van der Waals surface area contributed by atoms with Crippen LogP contribution < -0.4 is 15.0 Å². The van der Waals surface area contributed by atoms with Crippen molar-refractivity contribution in [2.75, 3.05) is 25.1 Å². The van der Waals surface area contributed by atoms with Crippen molar-refractivity contribution in [2.45, 2.75) is 45.7 Å². The van der Waals surface area contributed by atoms with E-state index in [2.05, 4.69) is 65.1 Å². The molecule has 1 N–H and O–H groups in total. The first-order valence-corrected chi connectivity index (χ1v) is 8.68. The van der Waals surface area contributed by atoms with Crippen LogP contribution in [0.4, 0.5) is 5.69 Å². The Hall–Kier alpha value is -0.740. The number of hydrogen-bond acceptors (Lipinski definition) is 3. The molecule has 1 saturated heterocycles. The van der Waals surface area contributed by atoms with Crippen LogP contribution in [0.15, 0.2) is 22.7 Å². The standard InChI is InChI=1S/C17H27BrN2O/c1-5-14-10-19-13(8-12(2)3)11-20(14)15-6-7-16(18)17(9-15)21-4/h6-7,9,12-14,19H,5,8,10-11H2,1-4H3. The van der Waals surface area contributed by atoms with Gasteiger partial charge in [0, 0.05) is 36.9 Å². The monoisotopic (exact) mass is 354 g/mol. The summed E-state index contributed by atoms with van der Waals surface area (Å²) in [5.41, 5.74) is 1.26. The number of rotatable bonds is 5. The van der Waals surface area contributed by atoms with Crippen LogP contribution in [0.2, 0.25) is 0 Å². The molecule has 0 spiro atoms. The normalized spacial score (nSPS) is 22.7. The van der Waals surface area contributed by atoms with Crippen LogP contribution in [0.25, 0.3) is 0 Å². The van der Waals surface area contributed by atoms with Crippen LogP contribution in [-0.2, 0) is 0 Å². The quantitative estimate of drug-likeness (QED) is 0.862. The van der Waals surface area contributed by atoms with E-state index in [4.69, 9.17) is 4.74 Å². The van der Waals surface area contributed by atoms with Gasteiger partial charge in [-0.1, -0.05) is 20.8 Å². The molecule has 0 saturated carbocycles. The molecule has 118 valence electrons. The summed E-state index contributed by atoms with van der Waals surface area (Å²) in [6, 6.07) is 7.54. The molecular formula is C17H27BrN2O. The van der Waals surface area contributed by atoms with Crippen molar-refractivity contribution in [3.63, 3.8) is 0 Å². The van der Waals surface area contributed by atoms with E-state index in [0.29, 0.717) is 12.1 Å². The number of benzene rings is 1. The van der Waals surface area contributed by atoms with Gasteiger partial charge in [0.25, 0.3) is 0 Å². The van der Waals surface area contributed by atoms with Crippen LogP contribution in [0.3, 0.4) is 0 Å². The number of nitrogens with zero attached hydrogens (tertiary/aromatic N) is 1. The van der Waals surface area contributed by atoms with Crippen molar-refractivity contribution in [1.29, 1.82) is 0 Å². The number of halogens is 1. The molecule has 1 aromatic carbocycles. The van der Waals surface area contributed by atoms with Gasteiger partial charge in [0.1, 0.15) is 5.75 Å². The van der Waals surface area contributed by atoms with Gasteiger partial charge in [-0.2, -0.15) is 0 Å². The average molecular weight is 355 g/mol. The Bertz CT molecular complexity index is 464. The van der Waals surface area contributed by atoms with E-state index < -0.39 is 0 Å². The third-order valence-corrected chi connectivity index (χ3v) is 4.85. The number of ether oxygens (including phenoxy) is 1. The Morgan fingerprint density at radius 3 is 2.81 bits per heavy atom. The van der Waals surface area contributed by atoms with Crippen molar-refractivity contribution in [3.05, 3.63) is 22.7 Å². The maximum atomic E-state index is 5.45. The van der Waals surface area contributed by atoms with Crippen molar-refractivity contribution < 1.29 is 4.74 Å². The first-order chi connectivity index (χ1) is 10.0. The lowest BCUT2D eigenvalue weighted by Gasteiger charge is -2.42. The molecule has 1 aliphatic heterocycles. The third kappa shape index (κ3) is 4.13. The highest BCUT2D eigenvalue weighted by Crippen LogP contribution is 2.32. The summed E-state index contributed by atoms with van der Waals surface area (Å²) < 4.78 is 6.46. The van der Waals surface area contributed by atoms with E-state index in [1.54, 1.807) is 7.11 Å². The molecule has 2 unspecified atom stereocenters. The second-order valence-electron chi connectivity index (χ2n) is 6.27. The number of nitrogens with one attached hydrogen (secondary N) is 1. The summed E-state index contributed by atoms with van der Waals surface area (Å²) in [6.07, 6.45) is 2.38. The highest BCUT2D eigenvalue weighted by Gasteiger charge is 2.27. The lowest BCUT2D eigenvalue weighted by atomic mass is 9.98. The molecule has 1 aromatic rings. The zero-order valence-corrected chi connectivity index (χ0v) is 15.1. The Balaban J connectivity index is 2.20. The van der Waals surface area contributed by atoms with Gasteiger partial charge < -0.3 is 15.0 Å². The summed E-state index contributed by atoms with van der Waals surface area (Å²) in [5, 5.41) is 3.71. The van der Waals surface area contributed by atoms with Crippen molar-refractivity contribution in [3.8, 4) is 5.75 Å². The lowest BCUT2D eigenvalue weighted by Crippen LogP contribution is -2.56. The molecule has 1 fully saturated rings. The molecule has 0 aliphatic carbocycles. The van der Waals surface area contributed by atoms with Crippen molar-refractivity contribution in [1.82, 2.24) is 5.32 Å². The first kappa shape index (κ1) is 16.6. The average Bonchev–Trinajstić information content (AvgIpc) is 2.47. The number of methoxy groups -OCH3 is 1. The second kappa shape index (κ2) is 7.50. The molecule has 0 bridgehead atoms. The van der Waals surface area contributed by atoms with E-state index in [0.717, 1.165) is 35.7 Å². The van der Waals surface area contributed by atoms with E-state index in [1.807, 2.05) is 0 Å². The van der Waals surface area contributed by atoms with Crippen LogP contribution in [0.1, 0.15) is 33.6 Å². The zero-order valence-electron chi connectivity index (χ0n) is 13.5. The highest BCUT2D eigenvalue weighted by atomic mass is 79.9. The van der Waals surface area contributed by atoms with Crippen LogP contribution in [0.5, 0.6) is 5.75 Å². The molecule has 1 aliphatic rings.